The minimum atomic E-state index is -0.549. The average molecular weight is 476 g/mol. The molecular formula is C26H32F3N3O2. The smallest absolute Gasteiger partial charge is 0.258 e. The van der Waals surface area contributed by atoms with Gasteiger partial charge in [0.1, 0.15) is 23.2 Å². The number of hydrogen-bond acceptors (Lipinski definition) is 4. The van der Waals surface area contributed by atoms with Crippen LogP contribution >= 0.6 is 0 Å². The maximum Gasteiger partial charge on any atom is 0.258 e. The lowest BCUT2D eigenvalue weighted by Gasteiger charge is -2.37. The zero-order chi connectivity index (χ0) is 23.9. The summed E-state index contributed by atoms with van der Waals surface area (Å²) < 4.78 is 45.5. The van der Waals surface area contributed by atoms with Crippen LogP contribution in [0.3, 0.4) is 0 Å². The Bertz CT molecular complexity index is 941. The van der Waals surface area contributed by atoms with Crippen molar-refractivity contribution in [1.82, 2.24) is 10.2 Å². The van der Waals surface area contributed by atoms with Crippen LogP contribution in [0.2, 0.25) is 0 Å². The molecule has 5 nitrogen and oxygen atoms in total. The fourth-order valence-corrected chi connectivity index (χ4v) is 4.86. The van der Waals surface area contributed by atoms with E-state index >= 15 is 0 Å². The van der Waals surface area contributed by atoms with Crippen LogP contribution in [0.1, 0.15) is 32.1 Å². The van der Waals surface area contributed by atoms with Gasteiger partial charge in [-0.3, -0.25) is 9.69 Å². The van der Waals surface area contributed by atoms with Crippen molar-refractivity contribution in [2.24, 2.45) is 5.92 Å². The summed E-state index contributed by atoms with van der Waals surface area (Å²) in [6, 6.07) is 9.58. The van der Waals surface area contributed by atoms with E-state index in [1.807, 2.05) is 4.90 Å². The Kier molecular flexibility index (Phi) is 8.32. The van der Waals surface area contributed by atoms with Crippen molar-refractivity contribution < 1.29 is 22.7 Å². The van der Waals surface area contributed by atoms with Gasteiger partial charge in [0.15, 0.2) is 6.61 Å². The molecule has 2 aromatic carbocycles. The first-order valence-electron chi connectivity index (χ1n) is 12.1. The zero-order valence-electron chi connectivity index (χ0n) is 19.3. The third-order valence-corrected chi connectivity index (χ3v) is 6.87. The Labute approximate surface area is 198 Å². The second-order valence-corrected chi connectivity index (χ2v) is 9.24. The monoisotopic (exact) mass is 475 g/mol. The molecule has 0 aromatic heterocycles. The van der Waals surface area contributed by atoms with Crippen LogP contribution in [-0.2, 0) is 4.79 Å². The van der Waals surface area contributed by atoms with Crippen molar-refractivity contribution in [3.05, 3.63) is 59.9 Å². The topological polar surface area (TPSA) is 44.8 Å². The molecule has 34 heavy (non-hydrogen) atoms. The van der Waals surface area contributed by atoms with Crippen molar-refractivity contribution in [3.63, 3.8) is 0 Å². The van der Waals surface area contributed by atoms with E-state index < -0.39 is 11.6 Å². The number of rotatable bonds is 8. The fourth-order valence-electron chi connectivity index (χ4n) is 4.86. The van der Waals surface area contributed by atoms with E-state index in [0.29, 0.717) is 17.4 Å². The standard InChI is InChI=1S/C26H32F3N3O2/c27-20-3-8-23(9-4-20)34-18-26(33)30-22-6-1-19(2-7-22)11-12-31-13-15-32(16-14-31)25-10-5-21(28)17-24(25)29/h3-5,8-10,17,19,22H,1-2,6-7,11-16,18H2,(H,30,33)/t19-,22-. The first kappa shape index (κ1) is 24.4. The summed E-state index contributed by atoms with van der Waals surface area (Å²) in [5.41, 5.74) is 0.476. The second kappa shape index (κ2) is 11.6. The molecule has 0 atom stereocenters. The Morgan fingerprint density at radius 3 is 2.26 bits per heavy atom. The van der Waals surface area contributed by atoms with E-state index in [1.165, 1.54) is 36.4 Å². The number of ether oxygens (including phenoxy) is 1. The summed E-state index contributed by atoms with van der Waals surface area (Å²) >= 11 is 0. The Balaban J connectivity index is 1.10. The Hall–Kier alpha value is -2.74. The van der Waals surface area contributed by atoms with Gasteiger partial charge in [0.2, 0.25) is 0 Å². The Morgan fingerprint density at radius 1 is 0.912 bits per heavy atom. The summed E-state index contributed by atoms with van der Waals surface area (Å²) in [7, 11) is 0. The molecule has 1 heterocycles. The molecule has 2 aromatic rings. The van der Waals surface area contributed by atoms with Crippen LogP contribution in [0, 0.1) is 23.4 Å². The van der Waals surface area contributed by atoms with Crippen molar-refractivity contribution >= 4 is 11.6 Å². The van der Waals surface area contributed by atoms with Crippen molar-refractivity contribution in [2.75, 3.05) is 44.2 Å². The molecule has 2 fully saturated rings. The van der Waals surface area contributed by atoms with Gasteiger partial charge in [-0.1, -0.05) is 0 Å². The quantitative estimate of drug-likeness (QED) is 0.616. The number of piperazine rings is 1. The predicted molar refractivity (Wildman–Crippen MR) is 125 cm³/mol. The van der Waals surface area contributed by atoms with Crippen LogP contribution in [0.25, 0.3) is 0 Å². The maximum atomic E-state index is 14.0. The lowest BCUT2D eigenvalue weighted by Crippen LogP contribution is -2.47. The third-order valence-electron chi connectivity index (χ3n) is 6.87. The molecule has 1 saturated heterocycles. The number of anilines is 1. The van der Waals surface area contributed by atoms with Crippen LogP contribution in [0.4, 0.5) is 18.9 Å². The molecule has 1 aliphatic heterocycles. The van der Waals surface area contributed by atoms with Gasteiger partial charge < -0.3 is 15.0 Å². The minimum Gasteiger partial charge on any atom is -0.484 e. The van der Waals surface area contributed by atoms with Gasteiger partial charge >= 0.3 is 0 Å². The lowest BCUT2D eigenvalue weighted by atomic mass is 9.84. The number of carbonyl (C=O) groups excluding carboxylic acids is 1. The van der Waals surface area contributed by atoms with E-state index in [1.54, 1.807) is 0 Å². The number of amides is 1. The summed E-state index contributed by atoms with van der Waals surface area (Å²) in [4.78, 5) is 16.6. The van der Waals surface area contributed by atoms with Gasteiger partial charge in [-0.05, 0) is 81.0 Å². The number of hydrogen-bond donors (Lipinski definition) is 1. The highest BCUT2D eigenvalue weighted by Crippen LogP contribution is 2.28. The van der Waals surface area contributed by atoms with Gasteiger partial charge in [0, 0.05) is 38.3 Å². The molecule has 184 valence electrons. The third kappa shape index (κ3) is 6.88. The molecule has 4 rings (SSSR count). The van der Waals surface area contributed by atoms with E-state index in [0.717, 1.165) is 70.9 Å². The summed E-state index contributed by atoms with van der Waals surface area (Å²) in [6.07, 6.45) is 5.23. The normalized spacial score (nSPS) is 21.3. The fraction of sp³-hybridized carbons (Fsp3) is 0.500. The van der Waals surface area contributed by atoms with E-state index in [2.05, 4.69) is 10.2 Å². The van der Waals surface area contributed by atoms with E-state index in [9.17, 15) is 18.0 Å². The largest absolute Gasteiger partial charge is 0.484 e. The minimum absolute atomic E-state index is 0.0701. The average Bonchev–Trinajstić information content (AvgIpc) is 2.84. The number of carbonyl (C=O) groups is 1. The van der Waals surface area contributed by atoms with Gasteiger partial charge in [-0.2, -0.15) is 0 Å². The molecule has 1 amide bonds. The second-order valence-electron chi connectivity index (χ2n) is 9.24. The van der Waals surface area contributed by atoms with Crippen LogP contribution in [-0.4, -0.2) is 56.2 Å². The molecule has 0 spiro atoms. The number of halogens is 3. The van der Waals surface area contributed by atoms with E-state index in [-0.39, 0.29) is 24.4 Å². The highest BCUT2D eigenvalue weighted by atomic mass is 19.1. The SMILES string of the molecule is O=C(COc1ccc(F)cc1)N[C@H]1CC[C@H](CCN2CCN(c3ccc(F)cc3F)CC2)CC1. The van der Waals surface area contributed by atoms with Gasteiger partial charge in [0.25, 0.3) is 5.91 Å². The number of nitrogens with one attached hydrogen (secondary N) is 1. The molecule has 1 N–H and O–H groups in total. The van der Waals surface area contributed by atoms with E-state index in [4.69, 9.17) is 4.74 Å². The summed E-state index contributed by atoms with van der Waals surface area (Å²) in [5.74, 6) is -0.411. The first-order valence-corrected chi connectivity index (χ1v) is 12.1. The molecule has 1 saturated carbocycles. The van der Waals surface area contributed by atoms with Crippen LogP contribution in [0.5, 0.6) is 5.75 Å². The zero-order valence-corrected chi connectivity index (χ0v) is 19.3. The van der Waals surface area contributed by atoms with Gasteiger partial charge in [0.05, 0.1) is 5.69 Å². The molecule has 2 aliphatic rings. The van der Waals surface area contributed by atoms with Crippen molar-refractivity contribution in [1.29, 1.82) is 0 Å². The Morgan fingerprint density at radius 2 is 1.59 bits per heavy atom. The van der Waals surface area contributed by atoms with Crippen molar-refractivity contribution in [2.45, 2.75) is 38.1 Å². The highest BCUT2D eigenvalue weighted by Gasteiger charge is 2.24. The number of nitrogens with zero attached hydrogens (tertiary/aromatic N) is 2. The maximum absolute atomic E-state index is 14.0. The first-order chi connectivity index (χ1) is 16.5. The van der Waals surface area contributed by atoms with Crippen molar-refractivity contribution in [3.8, 4) is 5.75 Å². The number of benzene rings is 2. The molecule has 0 bridgehead atoms. The molecule has 0 unspecified atom stereocenters. The predicted octanol–water partition coefficient (Wildman–Crippen LogP) is 4.37. The molecule has 8 heteroatoms. The van der Waals surface area contributed by atoms with Crippen LogP contribution < -0.4 is 15.0 Å². The molecular weight excluding hydrogens is 443 g/mol. The van der Waals surface area contributed by atoms with Gasteiger partial charge in [-0.25, -0.2) is 13.2 Å². The molecule has 1 aliphatic carbocycles. The molecule has 0 radical (unpaired) electrons. The van der Waals surface area contributed by atoms with Crippen LogP contribution in [0.15, 0.2) is 42.5 Å². The lowest BCUT2D eigenvalue weighted by molar-refractivity contribution is -0.124. The summed E-state index contributed by atoms with van der Waals surface area (Å²) in [5, 5.41) is 3.05. The summed E-state index contributed by atoms with van der Waals surface area (Å²) in [6.45, 7) is 4.17. The van der Waals surface area contributed by atoms with Gasteiger partial charge in [-0.15, -0.1) is 0 Å². The highest BCUT2D eigenvalue weighted by molar-refractivity contribution is 5.77.